The van der Waals surface area contributed by atoms with Crippen LogP contribution in [-0.4, -0.2) is 29.1 Å². The minimum Gasteiger partial charge on any atom is -0.314 e. The van der Waals surface area contributed by atoms with Crippen molar-refractivity contribution in [2.24, 2.45) is 5.92 Å². The lowest BCUT2D eigenvalue weighted by atomic mass is 9.91. The van der Waals surface area contributed by atoms with E-state index < -0.39 is 0 Å². The summed E-state index contributed by atoms with van der Waals surface area (Å²) in [5, 5.41) is 3.73. The maximum atomic E-state index is 4.23. The van der Waals surface area contributed by atoms with E-state index in [-0.39, 0.29) is 0 Å². The Kier molecular flexibility index (Phi) is 6.72. The number of hydrogen-bond donors (Lipinski definition) is 1. The third-order valence-corrected chi connectivity index (χ3v) is 4.90. The van der Waals surface area contributed by atoms with E-state index in [1.807, 2.05) is 18.5 Å². The van der Waals surface area contributed by atoms with Gasteiger partial charge in [0.2, 0.25) is 0 Å². The van der Waals surface area contributed by atoms with Crippen LogP contribution in [0.15, 0.2) is 24.5 Å². The minimum absolute atomic E-state index is 0.622. The zero-order chi connectivity index (χ0) is 13.3. The lowest BCUT2D eigenvalue weighted by Gasteiger charge is -2.27. The first-order valence-corrected chi connectivity index (χ1v) is 8.74. The van der Waals surface area contributed by atoms with Gasteiger partial charge in [0.05, 0.1) is 0 Å². The number of hydrogen-bond acceptors (Lipinski definition) is 3. The van der Waals surface area contributed by atoms with Crippen LogP contribution in [0.4, 0.5) is 0 Å². The summed E-state index contributed by atoms with van der Waals surface area (Å²) in [6.07, 6.45) is 10.3. The van der Waals surface area contributed by atoms with Gasteiger partial charge in [0, 0.05) is 18.4 Å². The van der Waals surface area contributed by atoms with E-state index in [0.717, 1.165) is 18.9 Å². The monoisotopic (exact) mass is 278 g/mol. The maximum Gasteiger partial charge on any atom is 0.0300 e. The Morgan fingerprint density at radius 2 is 2.26 bits per heavy atom. The van der Waals surface area contributed by atoms with E-state index in [1.165, 1.54) is 42.8 Å². The highest BCUT2D eigenvalue weighted by atomic mass is 32.2. The van der Waals surface area contributed by atoms with Gasteiger partial charge in [-0.3, -0.25) is 4.98 Å². The Bertz CT molecular complexity index is 336. The van der Waals surface area contributed by atoms with E-state index in [4.69, 9.17) is 0 Å². The molecule has 0 saturated carbocycles. The topological polar surface area (TPSA) is 24.9 Å². The summed E-state index contributed by atoms with van der Waals surface area (Å²) in [5.74, 6) is 3.64. The third-order valence-electron chi connectivity index (χ3n) is 3.85. The minimum atomic E-state index is 0.622. The number of pyridine rings is 1. The summed E-state index contributed by atoms with van der Waals surface area (Å²) >= 11 is 2.12. The highest BCUT2D eigenvalue weighted by Gasteiger charge is 2.19. The Balaban J connectivity index is 1.87. The summed E-state index contributed by atoms with van der Waals surface area (Å²) < 4.78 is 0. The zero-order valence-corrected chi connectivity index (χ0v) is 12.8. The number of aromatic nitrogens is 1. The summed E-state index contributed by atoms with van der Waals surface area (Å²) in [4.78, 5) is 4.23. The maximum absolute atomic E-state index is 4.23. The zero-order valence-electron chi connectivity index (χ0n) is 12.0. The van der Waals surface area contributed by atoms with Crippen molar-refractivity contribution in [3.8, 4) is 0 Å². The normalized spacial score (nSPS) is 18.4. The molecule has 1 saturated heterocycles. The molecule has 19 heavy (non-hydrogen) atoms. The van der Waals surface area contributed by atoms with Gasteiger partial charge in [-0.05, 0) is 67.7 Å². The van der Waals surface area contributed by atoms with E-state index in [0.29, 0.717) is 6.04 Å². The van der Waals surface area contributed by atoms with Crippen molar-refractivity contribution in [1.29, 1.82) is 0 Å². The largest absolute Gasteiger partial charge is 0.314 e. The predicted octanol–water partition coefficient (Wildman–Crippen LogP) is 3.53. The molecule has 1 fully saturated rings. The van der Waals surface area contributed by atoms with Crippen LogP contribution >= 0.6 is 11.8 Å². The molecular formula is C16H26N2S. The Labute approximate surface area is 121 Å². The average Bonchev–Trinajstić information content (AvgIpc) is 2.47. The van der Waals surface area contributed by atoms with Crippen molar-refractivity contribution in [2.45, 2.75) is 45.1 Å². The average molecular weight is 278 g/mol. The number of nitrogens with one attached hydrogen (secondary N) is 1. The molecule has 1 atom stereocenters. The summed E-state index contributed by atoms with van der Waals surface area (Å²) in [5.41, 5.74) is 1.36. The van der Waals surface area contributed by atoms with E-state index in [9.17, 15) is 0 Å². The van der Waals surface area contributed by atoms with Gasteiger partial charge in [0.15, 0.2) is 0 Å². The van der Waals surface area contributed by atoms with Crippen LogP contribution in [0.3, 0.4) is 0 Å². The fourth-order valence-corrected chi connectivity index (χ4v) is 3.98. The molecule has 1 aliphatic heterocycles. The smallest absolute Gasteiger partial charge is 0.0300 e. The van der Waals surface area contributed by atoms with E-state index >= 15 is 0 Å². The summed E-state index contributed by atoms with van der Waals surface area (Å²) in [6.45, 7) is 3.37. The van der Waals surface area contributed by atoms with Gasteiger partial charge in [-0.25, -0.2) is 0 Å². The molecule has 0 aromatic carbocycles. The van der Waals surface area contributed by atoms with Gasteiger partial charge in [-0.1, -0.05) is 13.0 Å². The molecule has 1 N–H and O–H groups in total. The van der Waals surface area contributed by atoms with Gasteiger partial charge in [-0.15, -0.1) is 0 Å². The third kappa shape index (κ3) is 5.53. The number of thioether (sulfide) groups is 1. The molecule has 2 rings (SSSR count). The van der Waals surface area contributed by atoms with Gasteiger partial charge in [0.1, 0.15) is 0 Å². The van der Waals surface area contributed by atoms with Crippen LogP contribution in [0.25, 0.3) is 0 Å². The molecule has 0 spiro atoms. The lowest BCUT2D eigenvalue weighted by molar-refractivity contribution is 0.362. The second kappa shape index (κ2) is 8.60. The Hall–Kier alpha value is -0.540. The molecule has 2 nitrogen and oxygen atoms in total. The van der Waals surface area contributed by atoms with Crippen LogP contribution in [0.2, 0.25) is 0 Å². The molecule has 1 unspecified atom stereocenters. The number of nitrogens with zero attached hydrogens (tertiary/aromatic N) is 1. The molecule has 1 aliphatic rings. The van der Waals surface area contributed by atoms with Crippen molar-refractivity contribution in [3.05, 3.63) is 30.1 Å². The molecule has 0 bridgehead atoms. The summed E-state index contributed by atoms with van der Waals surface area (Å²) in [6, 6.07) is 4.87. The molecular weight excluding hydrogens is 252 g/mol. The molecule has 1 aromatic rings. The van der Waals surface area contributed by atoms with Gasteiger partial charge < -0.3 is 5.32 Å². The standard InChI is InChI=1S/C16H26N2S/c1-2-7-18-16(11-14-5-9-19-10-6-14)12-15-4-3-8-17-13-15/h3-4,8,13-14,16,18H,2,5-7,9-12H2,1H3. The van der Waals surface area contributed by atoms with Gasteiger partial charge in [0.25, 0.3) is 0 Å². The first-order chi connectivity index (χ1) is 9.38. The van der Waals surface area contributed by atoms with Crippen molar-refractivity contribution in [1.82, 2.24) is 10.3 Å². The first-order valence-electron chi connectivity index (χ1n) is 7.58. The highest BCUT2D eigenvalue weighted by molar-refractivity contribution is 7.99. The van der Waals surface area contributed by atoms with Crippen molar-refractivity contribution >= 4 is 11.8 Å². The fraction of sp³-hybridized carbons (Fsp3) is 0.688. The molecule has 3 heteroatoms. The van der Waals surface area contributed by atoms with Crippen molar-refractivity contribution in [3.63, 3.8) is 0 Å². The van der Waals surface area contributed by atoms with Crippen molar-refractivity contribution < 1.29 is 0 Å². The van der Waals surface area contributed by atoms with Crippen LogP contribution in [-0.2, 0) is 6.42 Å². The van der Waals surface area contributed by atoms with Crippen LogP contribution in [0, 0.1) is 5.92 Å². The molecule has 2 heterocycles. The molecule has 0 amide bonds. The second-order valence-electron chi connectivity index (χ2n) is 5.51. The molecule has 106 valence electrons. The Morgan fingerprint density at radius 1 is 1.42 bits per heavy atom. The van der Waals surface area contributed by atoms with E-state index in [2.05, 4.69) is 35.1 Å². The number of rotatable bonds is 7. The first kappa shape index (κ1) is 14.9. The quantitative estimate of drug-likeness (QED) is 0.826. The van der Waals surface area contributed by atoms with Crippen molar-refractivity contribution in [2.75, 3.05) is 18.1 Å². The van der Waals surface area contributed by atoms with Gasteiger partial charge >= 0.3 is 0 Å². The molecule has 0 radical (unpaired) electrons. The summed E-state index contributed by atoms with van der Waals surface area (Å²) in [7, 11) is 0. The molecule has 1 aromatic heterocycles. The van der Waals surface area contributed by atoms with Crippen LogP contribution in [0.1, 0.15) is 38.2 Å². The predicted molar refractivity (Wildman–Crippen MR) is 84.7 cm³/mol. The highest BCUT2D eigenvalue weighted by Crippen LogP contribution is 2.27. The van der Waals surface area contributed by atoms with Crippen LogP contribution in [0.5, 0.6) is 0 Å². The second-order valence-corrected chi connectivity index (χ2v) is 6.73. The van der Waals surface area contributed by atoms with E-state index in [1.54, 1.807) is 0 Å². The van der Waals surface area contributed by atoms with Crippen LogP contribution < -0.4 is 5.32 Å². The van der Waals surface area contributed by atoms with Gasteiger partial charge in [-0.2, -0.15) is 11.8 Å². The lowest BCUT2D eigenvalue weighted by Crippen LogP contribution is -2.34. The SMILES string of the molecule is CCCNC(Cc1cccnc1)CC1CCSCC1. The fourth-order valence-electron chi connectivity index (χ4n) is 2.78. The Morgan fingerprint density at radius 3 is 2.95 bits per heavy atom. The molecule has 0 aliphatic carbocycles.